The summed E-state index contributed by atoms with van der Waals surface area (Å²) < 4.78 is 5.38. The molecule has 9 amide bonds. The summed E-state index contributed by atoms with van der Waals surface area (Å²) in [7, 11) is -2.35. The van der Waals surface area contributed by atoms with Crippen LogP contribution in [0.5, 0.6) is 0 Å². The summed E-state index contributed by atoms with van der Waals surface area (Å²) >= 11 is 0. The number of nitrogens with one attached hydrogen (secondary N) is 11. The van der Waals surface area contributed by atoms with Crippen LogP contribution in [-0.4, -0.2) is 186 Å². The van der Waals surface area contributed by atoms with Crippen LogP contribution in [0.2, 0.25) is 25.7 Å². The maximum Gasteiger partial charge on any atom is 0.408 e. The highest BCUT2D eigenvalue weighted by Gasteiger charge is 2.39. The Bertz CT molecular complexity index is 2490. The van der Waals surface area contributed by atoms with Crippen molar-refractivity contribution in [2.75, 3.05) is 26.3 Å². The van der Waals surface area contributed by atoms with E-state index in [0.717, 1.165) is 6.92 Å². The number of hydrogen-bond acceptors (Lipinski definition) is 17. The lowest BCUT2D eigenvalue weighted by Crippen LogP contribution is -2.63. The van der Waals surface area contributed by atoms with Crippen molar-refractivity contribution in [2.45, 2.75) is 153 Å². The number of aliphatic hydroxyl groups is 4. The number of carbonyl (C=O) groups excluding carboxylic acids is 9. The number of aliphatic carboxylic acids is 1. The molecular weight excluding hydrogens is 1100 g/mol. The molecule has 30 heteroatoms. The number of carboxylic acid groups (broad SMARTS) is 1. The van der Waals surface area contributed by atoms with Gasteiger partial charge in [0.05, 0.1) is 38.0 Å². The molecule has 0 aliphatic carbocycles. The molecule has 2 aromatic carbocycles. The number of hydrogen-bond donors (Lipinski definition) is 18. The number of rotatable bonds is 35. The maximum atomic E-state index is 14.5. The van der Waals surface area contributed by atoms with E-state index in [2.05, 4.69) is 47.9 Å². The molecule has 0 radical (unpaired) electrons. The zero-order chi connectivity index (χ0) is 62.7. The first-order valence-electron chi connectivity index (χ1n) is 26.9. The zero-order valence-corrected chi connectivity index (χ0v) is 49.0. The summed E-state index contributed by atoms with van der Waals surface area (Å²) in [5, 5.41) is 81.8. The standard InChI is InChI=1S/C53H85N13O16Si/c1-28(2)22-34(61-50(78)42(43(71)29(3)4)65-49(77)41(39(54)32-18-13-10-14-19-32)66-53(81)82-26-31-16-11-9-12-17-31)45(73)60-33(20-15-21-57-52(55)56)44(72)63-37(27-83(6,7)8)47(75)64-40(30(5)69)48(76)58-23-38(70)59-35(24-67)46(74)62-36(25-68)51(79)80/h9-14,16-19,28-30,33-37,39-43,67-69,71H,15,20-27,54H2,1-8H3,(H,58,76)(H,59,70)(H,60,73)(H,61,78)(H,62,74)(H,63,72)(H,64,75)(H,65,77)(H,66,81)(H,79,80)(H4,55,56,57)/t30-,33+,34-,35-,36-,37-,39+,40-,41-,42-,43+/m0/s1. The maximum absolute atomic E-state index is 14.5. The highest BCUT2D eigenvalue weighted by Crippen LogP contribution is 2.18. The Kier molecular flexibility index (Phi) is 30.3. The van der Waals surface area contributed by atoms with Crippen LogP contribution < -0.4 is 64.6 Å². The Hall–Kier alpha value is -7.77. The van der Waals surface area contributed by atoms with Crippen LogP contribution in [-0.2, 0) is 54.5 Å². The SMILES string of the molecule is CC(C)C[C@H](NC(=O)[C@@H](NC(=O)[C@@H](NC(=O)OCc1ccccc1)[C@H](N)c1ccccc1)[C@H](O)C(C)C)C(=O)N[C@H](CCCNC(=N)N)C(=O)N[C@@H](C[Si](C)(C)C)C(=O)N[C@H](C(=O)NCC(=O)N[C@@H](CO)C(=O)N[C@@H](CO)C(=O)O)[C@H](C)O. The van der Waals surface area contributed by atoms with E-state index >= 15 is 0 Å². The average molecular weight is 1190 g/mol. The van der Waals surface area contributed by atoms with Gasteiger partial charge in [-0.05, 0) is 55.2 Å². The normalized spacial score (nSPS) is 15.3. The summed E-state index contributed by atoms with van der Waals surface area (Å²) in [5.41, 5.74) is 13.1. The van der Waals surface area contributed by atoms with E-state index in [1.54, 1.807) is 88.4 Å². The molecule has 0 fully saturated rings. The third-order valence-corrected chi connectivity index (χ3v) is 14.1. The van der Waals surface area contributed by atoms with Gasteiger partial charge < -0.3 is 94.9 Å². The van der Waals surface area contributed by atoms with Gasteiger partial charge in [-0.1, -0.05) is 108 Å². The molecule has 0 heterocycles. The topological polar surface area (TPSA) is 477 Å². The van der Waals surface area contributed by atoms with Crippen LogP contribution >= 0.6 is 0 Å². The highest BCUT2D eigenvalue weighted by atomic mass is 28.3. The molecule has 0 unspecified atom stereocenters. The monoisotopic (exact) mass is 1190 g/mol. The highest BCUT2D eigenvalue weighted by molar-refractivity contribution is 6.76. The van der Waals surface area contributed by atoms with Crippen molar-refractivity contribution >= 4 is 73.4 Å². The second kappa shape index (κ2) is 35.3. The number of nitrogens with two attached hydrogens (primary N) is 2. The molecule has 462 valence electrons. The first kappa shape index (κ1) is 71.3. The molecule has 0 spiro atoms. The number of carboxylic acids is 1. The van der Waals surface area contributed by atoms with Gasteiger partial charge in [-0.25, -0.2) is 9.59 Å². The number of benzene rings is 2. The predicted octanol–water partition coefficient (Wildman–Crippen LogP) is -3.39. The second-order valence-corrected chi connectivity index (χ2v) is 27.3. The molecule has 2 aromatic rings. The molecule has 0 saturated heterocycles. The van der Waals surface area contributed by atoms with Crippen LogP contribution in [0, 0.1) is 17.2 Å². The van der Waals surface area contributed by atoms with Crippen molar-refractivity contribution in [3.05, 3.63) is 71.8 Å². The van der Waals surface area contributed by atoms with E-state index in [0.29, 0.717) is 11.1 Å². The Morgan fingerprint density at radius 1 is 0.602 bits per heavy atom. The lowest BCUT2D eigenvalue weighted by Gasteiger charge is -2.32. The number of carbonyl (C=O) groups is 10. The minimum Gasteiger partial charge on any atom is -0.480 e. The third-order valence-electron chi connectivity index (χ3n) is 12.4. The summed E-state index contributed by atoms with van der Waals surface area (Å²) in [4.78, 5) is 135. The number of amides is 9. The molecule has 0 aliphatic heterocycles. The Balaban J connectivity index is 2.44. The van der Waals surface area contributed by atoms with E-state index < -0.39 is 160 Å². The van der Waals surface area contributed by atoms with Gasteiger partial charge in [0.1, 0.15) is 54.9 Å². The van der Waals surface area contributed by atoms with Crippen LogP contribution in [0.15, 0.2) is 60.7 Å². The van der Waals surface area contributed by atoms with Crippen molar-refractivity contribution in [1.82, 2.24) is 53.2 Å². The van der Waals surface area contributed by atoms with Crippen molar-refractivity contribution in [3.8, 4) is 0 Å². The van der Waals surface area contributed by atoms with Crippen molar-refractivity contribution in [1.29, 1.82) is 5.41 Å². The summed E-state index contributed by atoms with van der Waals surface area (Å²) in [6, 6.07) is 2.98. The minimum atomic E-state index is -2.35. The first-order chi connectivity index (χ1) is 38.9. The first-order valence-corrected chi connectivity index (χ1v) is 30.7. The second-order valence-electron chi connectivity index (χ2n) is 21.7. The molecule has 2 rings (SSSR count). The van der Waals surface area contributed by atoms with Crippen molar-refractivity contribution < 1.29 is 78.2 Å². The largest absolute Gasteiger partial charge is 0.480 e. The number of aliphatic hydroxyl groups excluding tert-OH is 4. The van der Waals surface area contributed by atoms with Gasteiger partial charge in [0.15, 0.2) is 5.96 Å². The van der Waals surface area contributed by atoms with Gasteiger partial charge in [0, 0.05) is 14.6 Å². The van der Waals surface area contributed by atoms with Crippen LogP contribution in [0.1, 0.15) is 71.0 Å². The third kappa shape index (κ3) is 25.9. The minimum absolute atomic E-state index is 0.0378. The number of ether oxygens (including phenoxy) is 1. The number of alkyl carbamates (subject to hydrolysis) is 1. The van der Waals surface area contributed by atoms with Gasteiger partial charge in [-0.3, -0.25) is 43.8 Å². The summed E-state index contributed by atoms with van der Waals surface area (Å²) in [6.07, 6.45) is -4.30. The summed E-state index contributed by atoms with van der Waals surface area (Å²) in [6.45, 7) is 10.4. The van der Waals surface area contributed by atoms with E-state index in [1.165, 1.54) is 0 Å². The molecule has 83 heavy (non-hydrogen) atoms. The van der Waals surface area contributed by atoms with Gasteiger partial charge in [-0.2, -0.15) is 0 Å². The average Bonchev–Trinajstić information content (AvgIpc) is 3.48. The van der Waals surface area contributed by atoms with Gasteiger partial charge in [0.25, 0.3) is 0 Å². The molecule has 0 bridgehead atoms. The molecule has 20 N–H and O–H groups in total. The van der Waals surface area contributed by atoms with E-state index in [4.69, 9.17) is 26.7 Å². The van der Waals surface area contributed by atoms with E-state index in [1.807, 2.05) is 25.0 Å². The quantitative estimate of drug-likeness (QED) is 0.0138. The zero-order valence-electron chi connectivity index (χ0n) is 48.0. The Morgan fingerprint density at radius 3 is 1.64 bits per heavy atom. The smallest absolute Gasteiger partial charge is 0.408 e. The summed E-state index contributed by atoms with van der Waals surface area (Å²) in [5.74, 6) is -11.1. The molecule has 29 nitrogen and oxygen atoms in total. The molecule has 0 saturated carbocycles. The van der Waals surface area contributed by atoms with Gasteiger partial charge in [0.2, 0.25) is 47.3 Å². The molecule has 11 atom stereocenters. The molecule has 0 aliphatic rings. The lowest BCUT2D eigenvalue weighted by atomic mass is 9.95. The molecule has 0 aromatic heterocycles. The Morgan fingerprint density at radius 2 is 1.11 bits per heavy atom. The lowest BCUT2D eigenvalue weighted by molar-refractivity contribution is -0.143. The van der Waals surface area contributed by atoms with Crippen molar-refractivity contribution in [2.24, 2.45) is 23.3 Å². The number of guanidine groups is 1. The van der Waals surface area contributed by atoms with E-state index in [-0.39, 0.29) is 50.3 Å². The van der Waals surface area contributed by atoms with Gasteiger partial charge in [-0.15, -0.1) is 0 Å². The fraction of sp³-hybridized carbons (Fsp3) is 0.566. The van der Waals surface area contributed by atoms with Crippen LogP contribution in [0.4, 0.5) is 4.79 Å². The fourth-order valence-corrected chi connectivity index (χ4v) is 9.49. The van der Waals surface area contributed by atoms with Gasteiger partial charge >= 0.3 is 12.1 Å². The van der Waals surface area contributed by atoms with Crippen LogP contribution in [0.25, 0.3) is 0 Å². The Labute approximate surface area is 482 Å². The predicted molar refractivity (Wildman–Crippen MR) is 305 cm³/mol. The van der Waals surface area contributed by atoms with Crippen LogP contribution in [0.3, 0.4) is 0 Å². The fourth-order valence-electron chi connectivity index (χ4n) is 7.97. The van der Waals surface area contributed by atoms with E-state index in [9.17, 15) is 68.4 Å². The molecular formula is C53H85N13O16Si. The van der Waals surface area contributed by atoms with Crippen molar-refractivity contribution in [3.63, 3.8) is 0 Å².